The van der Waals surface area contributed by atoms with Crippen molar-refractivity contribution in [1.82, 2.24) is 0 Å². The Morgan fingerprint density at radius 1 is 1.22 bits per heavy atom. The number of ether oxygens (including phenoxy) is 1. The van der Waals surface area contributed by atoms with Crippen LogP contribution in [0.4, 0.5) is 0 Å². The van der Waals surface area contributed by atoms with Crippen molar-refractivity contribution in [3.8, 4) is 0 Å². The molecule has 0 aliphatic heterocycles. The molecule has 0 atom stereocenters. The van der Waals surface area contributed by atoms with E-state index < -0.39 is 11.8 Å². The van der Waals surface area contributed by atoms with Crippen LogP contribution in [0.25, 0.3) is 0 Å². The van der Waals surface area contributed by atoms with Gasteiger partial charge in [-0.25, -0.2) is 4.79 Å². The van der Waals surface area contributed by atoms with Crippen LogP contribution < -0.4 is 5.82 Å². The summed E-state index contributed by atoms with van der Waals surface area (Å²) in [6.45, 7) is 4.93. The fourth-order valence-corrected chi connectivity index (χ4v) is 1.24. The van der Waals surface area contributed by atoms with Gasteiger partial charge in [-0.05, 0) is 6.92 Å². The number of esters is 1. The molecule has 1 aromatic rings. The number of carbonyl (C=O) groups is 2. The highest BCUT2D eigenvalue weighted by atomic mass is 16.6. The second-order valence-corrected chi connectivity index (χ2v) is 4.22. The Morgan fingerprint density at radius 3 is 2.39 bits per heavy atom. The summed E-state index contributed by atoms with van der Waals surface area (Å²) in [5, 5.41) is 0. The van der Waals surface area contributed by atoms with Crippen LogP contribution in [0.2, 0.25) is 0 Å². The minimum atomic E-state index is -0.825. The van der Waals surface area contributed by atoms with E-state index in [4.69, 9.17) is 4.74 Å². The van der Waals surface area contributed by atoms with Gasteiger partial charge >= 0.3 is 11.8 Å². The van der Waals surface area contributed by atoms with Crippen molar-refractivity contribution in [2.45, 2.75) is 40.2 Å². The van der Waals surface area contributed by atoms with E-state index in [1.807, 2.05) is 0 Å². The highest BCUT2D eigenvalue weighted by Crippen LogP contribution is 2.08. The first-order valence-electron chi connectivity index (χ1n) is 5.68. The number of ketones is 1. The van der Waals surface area contributed by atoms with E-state index >= 15 is 0 Å². The highest BCUT2D eigenvalue weighted by Gasteiger charge is 2.14. The van der Waals surface area contributed by atoms with Gasteiger partial charge in [-0.15, -0.1) is 0 Å². The summed E-state index contributed by atoms with van der Waals surface area (Å²) in [6.07, 6.45) is 0.183. The van der Waals surface area contributed by atoms with Crippen molar-refractivity contribution in [2.75, 3.05) is 0 Å². The largest absolute Gasteiger partial charge is 0.519 e. The average Bonchev–Trinajstić information content (AvgIpc) is 2.61. The lowest BCUT2D eigenvalue weighted by molar-refractivity contribution is -0.146. The van der Waals surface area contributed by atoms with Crippen LogP contribution in [0.3, 0.4) is 0 Å². The molecule has 18 heavy (non-hydrogen) atoms. The maximum atomic E-state index is 11.3. The molecule has 0 unspecified atom stereocenters. The number of hydrogen-bond donors (Lipinski definition) is 0. The van der Waals surface area contributed by atoms with Crippen molar-refractivity contribution >= 4 is 11.8 Å². The van der Waals surface area contributed by atoms with Crippen LogP contribution in [0.15, 0.2) is 13.6 Å². The van der Waals surface area contributed by atoms with Crippen LogP contribution in [0, 0.1) is 12.8 Å². The first-order valence-corrected chi connectivity index (χ1v) is 5.68. The molecule has 0 aliphatic rings. The Balaban J connectivity index is 2.36. The van der Waals surface area contributed by atoms with Gasteiger partial charge in [-0.2, -0.15) is 0 Å². The molecule has 6 heteroatoms. The van der Waals surface area contributed by atoms with E-state index in [1.165, 1.54) is 6.92 Å². The molecule has 1 aromatic heterocycles. The SMILES string of the molecule is Cc1oc(=O)oc1COC(=O)CCC(=O)C(C)C. The monoisotopic (exact) mass is 256 g/mol. The number of hydrogen-bond acceptors (Lipinski definition) is 6. The van der Waals surface area contributed by atoms with Crippen LogP contribution >= 0.6 is 0 Å². The lowest BCUT2D eigenvalue weighted by Gasteiger charge is -2.04. The molecule has 0 amide bonds. The summed E-state index contributed by atoms with van der Waals surface area (Å²) in [4.78, 5) is 33.4. The van der Waals surface area contributed by atoms with Gasteiger partial charge in [-0.3, -0.25) is 9.59 Å². The summed E-state index contributed by atoms with van der Waals surface area (Å²) in [5.74, 6) is -0.944. The third kappa shape index (κ3) is 4.20. The second-order valence-electron chi connectivity index (χ2n) is 4.22. The molecule has 0 saturated heterocycles. The predicted octanol–water partition coefficient (Wildman–Crippen LogP) is 1.59. The van der Waals surface area contributed by atoms with Crippen LogP contribution in [-0.2, 0) is 20.9 Å². The number of rotatable bonds is 6. The first-order chi connectivity index (χ1) is 8.40. The summed E-state index contributed by atoms with van der Waals surface area (Å²) < 4.78 is 14.1. The summed E-state index contributed by atoms with van der Waals surface area (Å²) in [5.41, 5.74) is 0. The smallest absolute Gasteiger partial charge is 0.457 e. The fraction of sp³-hybridized carbons (Fsp3) is 0.583. The Kier molecular flexibility index (Phi) is 4.88. The number of aryl methyl sites for hydroxylation is 1. The normalized spacial score (nSPS) is 10.7. The minimum Gasteiger partial charge on any atom is -0.457 e. The van der Waals surface area contributed by atoms with Gasteiger partial charge in [0.25, 0.3) is 0 Å². The van der Waals surface area contributed by atoms with Gasteiger partial charge in [0.2, 0.25) is 0 Å². The maximum absolute atomic E-state index is 11.3. The molecule has 1 rings (SSSR count). The van der Waals surface area contributed by atoms with Crippen molar-refractivity contribution in [3.05, 3.63) is 22.1 Å². The van der Waals surface area contributed by atoms with Gasteiger partial charge in [-0.1, -0.05) is 13.8 Å². The molecule has 0 fully saturated rings. The van der Waals surface area contributed by atoms with Crippen LogP contribution in [-0.4, -0.2) is 11.8 Å². The van der Waals surface area contributed by atoms with Gasteiger partial charge in [0.05, 0.1) is 6.42 Å². The topological polar surface area (TPSA) is 86.7 Å². The Morgan fingerprint density at radius 2 is 1.89 bits per heavy atom. The van der Waals surface area contributed by atoms with Crippen molar-refractivity contribution in [2.24, 2.45) is 5.92 Å². The third-order valence-electron chi connectivity index (χ3n) is 2.42. The molecule has 0 bridgehead atoms. The zero-order chi connectivity index (χ0) is 13.7. The summed E-state index contributed by atoms with van der Waals surface area (Å²) in [6, 6.07) is 0. The molecule has 0 radical (unpaired) electrons. The predicted molar refractivity (Wildman–Crippen MR) is 60.9 cm³/mol. The van der Waals surface area contributed by atoms with E-state index in [1.54, 1.807) is 13.8 Å². The fourth-order valence-electron chi connectivity index (χ4n) is 1.24. The molecule has 1 heterocycles. The molecular weight excluding hydrogens is 240 g/mol. The quantitative estimate of drug-likeness (QED) is 0.718. The van der Waals surface area contributed by atoms with E-state index in [0.29, 0.717) is 0 Å². The lowest BCUT2D eigenvalue weighted by Crippen LogP contribution is -2.11. The minimum absolute atomic E-state index is 0.0120. The zero-order valence-electron chi connectivity index (χ0n) is 10.6. The average molecular weight is 256 g/mol. The molecular formula is C12H16O6. The highest BCUT2D eigenvalue weighted by molar-refractivity contribution is 5.84. The van der Waals surface area contributed by atoms with Crippen LogP contribution in [0.1, 0.15) is 38.2 Å². The first kappa shape index (κ1) is 14.2. The summed E-state index contributed by atoms with van der Waals surface area (Å²) in [7, 11) is 0. The van der Waals surface area contributed by atoms with Gasteiger partial charge < -0.3 is 13.6 Å². The number of Topliss-reactive ketones (excluding diaryl/α,β-unsaturated/α-hetero) is 1. The molecule has 0 saturated carbocycles. The van der Waals surface area contributed by atoms with Gasteiger partial charge in [0, 0.05) is 12.3 Å². The molecule has 6 nitrogen and oxygen atoms in total. The number of carbonyl (C=O) groups excluding carboxylic acids is 2. The van der Waals surface area contributed by atoms with E-state index in [9.17, 15) is 14.4 Å². The molecule has 0 spiro atoms. The van der Waals surface area contributed by atoms with Crippen LogP contribution in [0.5, 0.6) is 0 Å². The Bertz CT molecular complexity index is 479. The second kappa shape index (κ2) is 6.18. The summed E-state index contributed by atoms with van der Waals surface area (Å²) >= 11 is 0. The Labute approximate surface area is 104 Å². The van der Waals surface area contributed by atoms with Crippen molar-refractivity contribution in [1.29, 1.82) is 0 Å². The van der Waals surface area contributed by atoms with E-state index in [-0.39, 0.29) is 42.7 Å². The standard InChI is InChI=1S/C12H16O6/c1-7(2)9(13)4-5-11(14)16-6-10-8(3)17-12(15)18-10/h7H,4-6H2,1-3H3. The van der Waals surface area contributed by atoms with Gasteiger partial charge in [0.1, 0.15) is 5.78 Å². The lowest BCUT2D eigenvalue weighted by atomic mass is 10.1. The third-order valence-corrected chi connectivity index (χ3v) is 2.42. The molecule has 0 N–H and O–H groups in total. The van der Waals surface area contributed by atoms with Gasteiger partial charge in [0.15, 0.2) is 18.1 Å². The van der Waals surface area contributed by atoms with E-state index in [0.717, 1.165) is 0 Å². The van der Waals surface area contributed by atoms with Crippen molar-refractivity contribution < 1.29 is 23.2 Å². The molecule has 0 aliphatic carbocycles. The maximum Gasteiger partial charge on any atom is 0.519 e. The molecule has 100 valence electrons. The van der Waals surface area contributed by atoms with Crippen molar-refractivity contribution in [3.63, 3.8) is 0 Å². The Hall–Kier alpha value is -1.85. The van der Waals surface area contributed by atoms with E-state index in [2.05, 4.69) is 8.83 Å². The zero-order valence-corrected chi connectivity index (χ0v) is 10.6. The molecule has 0 aromatic carbocycles.